The molecule has 0 bridgehead atoms. The number of thioether (sulfide) groups is 1. The summed E-state index contributed by atoms with van der Waals surface area (Å²) in [6.45, 7) is 3.98. The molecule has 8 heteroatoms. The van der Waals surface area contributed by atoms with Gasteiger partial charge in [-0.1, -0.05) is 53.0 Å². The quantitative estimate of drug-likeness (QED) is 0.312. The summed E-state index contributed by atoms with van der Waals surface area (Å²) in [5, 5.41) is 5.82. The van der Waals surface area contributed by atoms with E-state index in [-0.39, 0.29) is 5.91 Å². The average molecular weight is 481 g/mol. The maximum absolute atomic E-state index is 12.0. The van der Waals surface area contributed by atoms with Gasteiger partial charge in [-0.05, 0) is 49.7 Å². The minimum absolute atomic E-state index is 0.165. The van der Waals surface area contributed by atoms with Crippen LogP contribution in [0, 0.1) is 13.8 Å². The molecule has 1 N–H and O–H groups in total. The molecule has 1 aromatic heterocycles. The van der Waals surface area contributed by atoms with Gasteiger partial charge in [-0.25, -0.2) is 5.43 Å². The molecule has 1 amide bonds. The van der Waals surface area contributed by atoms with Gasteiger partial charge in [0.05, 0.1) is 22.0 Å². The summed E-state index contributed by atoms with van der Waals surface area (Å²) < 4.78 is 2.06. The number of aromatic nitrogens is 1. The number of nitrogens with zero attached hydrogens (tertiary/aromatic N) is 2. The van der Waals surface area contributed by atoms with Crippen LogP contribution >= 0.6 is 46.6 Å². The van der Waals surface area contributed by atoms with Crippen molar-refractivity contribution in [2.45, 2.75) is 19.6 Å². The number of hydrazone groups is 1. The van der Waals surface area contributed by atoms with E-state index in [9.17, 15) is 4.79 Å². The van der Waals surface area contributed by atoms with Gasteiger partial charge in [0.15, 0.2) is 0 Å². The Bertz CT molecular complexity index is 1100. The molecular formula is C22H20Cl3N3OS. The summed E-state index contributed by atoms with van der Waals surface area (Å²) in [6, 6.07) is 15.1. The number of aryl methyl sites for hydroxylation is 1. The Hall–Kier alpha value is -1.92. The van der Waals surface area contributed by atoms with Gasteiger partial charge < -0.3 is 4.57 Å². The summed E-state index contributed by atoms with van der Waals surface area (Å²) in [5.74, 6) is 0.800. The summed E-state index contributed by atoms with van der Waals surface area (Å²) >= 11 is 19.8. The number of rotatable bonds is 7. The summed E-state index contributed by atoms with van der Waals surface area (Å²) in [7, 11) is 0. The lowest BCUT2D eigenvalue weighted by Crippen LogP contribution is -2.19. The molecule has 3 aromatic rings. The topological polar surface area (TPSA) is 46.4 Å². The standard InChI is InChI=1S/C22H20Cl3N3OS/c1-14-9-17(15(2)28(14)18-7-8-20(24)21(25)10-18)11-26-27-22(29)13-30-12-16-5-3-4-6-19(16)23/h3-11H,12-13H2,1-2H3,(H,27,29)/b26-11-. The average Bonchev–Trinajstić information content (AvgIpc) is 2.99. The fourth-order valence-corrected chi connectivity index (χ4v) is 4.41. The zero-order valence-electron chi connectivity index (χ0n) is 16.5. The van der Waals surface area contributed by atoms with Crippen LogP contribution in [0.15, 0.2) is 53.6 Å². The number of hydrogen-bond donors (Lipinski definition) is 1. The van der Waals surface area contributed by atoms with Crippen LogP contribution in [0.25, 0.3) is 5.69 Å². The molecule has 0 unspecified atom stereocenters. The molecule has 0 saturated carbocycles. The highest BCUT2D eigenvalue weighted by Gasteiger charge is 2.11. The molecule has 0 radical (unpaired) electrons. The predicted molar refractivity (Wildman–Crippen MR) is 129 cm³/mol. The number of carbonyl (C=O) groups excluding carboxylic acids is 1. The largest absolute Gasteiger partial charge is 0.318 e. The molecule has 1 heterocycles. The van der Waals surface area contributed by atoms with E-state index in [4.69, 9.17) is 34.8 Å². The van der Waals surface area contributed by atoms with Crippen LogP contribution in [0.1, 0.15) is 22.5 Å². The van der Waals surface area contributed by atoms with Gasteiger partial charge in [0.1, 0.15) is 0 Å². The van der Waals surface area contributed by atoms with Crippen LogP contribution in [0.5, 0.6) is 0 Å². The van der Waals surface area contributed by atoms with Crippen molar-refractivity contribution in [3.63, 3.8) is 0 Å². The molecule has 0 saturated heterocycles. The fraction of sp³-hybridized carbons (Fsp3) is 0.182. The highest BCUT2D eigenvalue weighted by atomic mass is 35.5. The first-order valence-electron chi connectivity index (χ1n) is 9.14. The van der Waals surface area contributed by atoms with Crippen LogP contribution in [0.3, 0.4) is 0 Å². The smallest absolute Gasteiger partial charge is 0.250 e. The third kappa shape index (κ3) is 5.61. The van der Waals surface area contributed by atoms with E-state index in [1.165, 1.54) is 11.8 Å². The van der Waals surface area contributed by atoms with Crippen LogP contribution in [-0.4, -0.2) is 22.4 Å². The Morgan fingerprint density at radius 3 is 2.57 bits per heavy atom. The second kappa shape index (κ2) is 10.4. The van der Waals surface area contributed by atoms with Gasteiger partial charge in [-0.3, -0.25) is 4.79 Å². The first-order valence-corrected chi connectivity index (χ1v) is 11.4. The molecule has 0 aliphatic heterocycles. The maximum atomic E-state index is 12.0. The van der Waals surface area contributed by atoms with E-state index < -0.39 is 0 Å². The first kappa shape index (κ1) is 22.8. The lowest BCUT2D eigenvalue weighted by Gasteiger charge is -2.10. The molecule has 0 aliphatic carbocycles. The molecule has 156 valence electrons. The van der Waals surface area contributed by atoms with Gasteiger partial charge in [0.25, 0.3) is 0 Å². The lowest BCUT2D eigenvalue weighted by molar-refractivity contribution is -0.118. The minimum atomic E-state index is -0.165. The summed E-state index contributed by atoms with van der Waals surface area (Å²) in [5.41, 5.74) is 7.41. The van der Waals surface area contributed by atoms with Crippen molar-refractivity contribution < 1.29 is 4.79 Å². The maximum Gasteiger partial charge on any atom is 0.250 e. The van der Waals surface area contributed by atoms with Crippen molar-refractivity contribution in [3.8, 4) is 5.69 Å². The Balaban J connectivity index is 1.59. The van der Waals surface area contributed by atoms with E-state index in [2.05, 4.69) is 15.1 Å². The predicted octanol–water partition coefficient (Wildman–Crippen LogP) is 6.44. The molecule has 0 fully saturated rings. The van der Waals surface area contributed by atoms with Gasteiger partial charge in [0.2, 0.25) is 5.91 Å². The van der Waals surface area contributed by atoms with Crippen LogP contribution < -0.4 is 5.43 Å². The molecule has 0 atom stereocenters. The molecule has 0 spiro atoms. The summed E-state index contributed by atoms with van der Waals surface area (Å²) in [4.78, 5) is 12.0. The molecule has 4 nitrogen and oxygen atoms in total. The second-order valence-electron chi connectivity index (χ2n) is 6.64. The lowest BCUT2D eigenvalue weighted by atomic mass is 10.2. The normalized spacial score (nSPS) is 11.2. The highest BCUT2D eigenvalue weighted by molar-refractivity contribution is 7.99. The fourth-order valence-electron chi connectivity index (χ4n) is 3.01. The van der Waals surface area contributed by atoms with E-state index >= 15 is 0 Å². The van der Waals surface area contributed by atoms with Crippen molar-refractivity contribution in [2.24, 2.45) is 5.10 Å². The van der Waals surface area contributed by atoms with Gasteiger partial charge in [-0.2, -0.15) is 5.10 Å². The zero-order chi connectivity index (χ0) is 21.7. The Kier molecular flexibility index (Phi) is 7.89. The molecule has 3 rings (SSSR count). The SMILES string of the molecule is Cc1cc(/C=N\NC(=O)CSCc2ccccc2Cl)c(C)n1-c1ccc(Cl)c(Cl)c1. The zero-order valence-corrected chi connectivity index (χ0v) is 19.5. The number of nitrogens with one attached hydrogen (secondary N) is 1. The Morgan fingerprint density at radius 1 is 1.07 bits per heavy atom. The van der Waals surface area contributed by atoms with Crippen molar-refractivity contribution in [2.75, 3.05) is 5.75 Å². The van der Waals surface area contributed by atoms with Crippen LogP contribution in [0.4, 0.5) is 0 Å². The number of amides is 1. The van der Waals surface area contributed by atoms with Crippen LogP contribution in [0.2, 0.25) is 15.1 Å². The van der Waals surface area contributed by atoms with Crippen molar-refractivity contribution in [1.29, 1.82) is 0 Å². The third-order valence-corrected chi connectivity index (χ3v) is 6.56. The molecule has 2 aromatic carbocycles. The van der Waals surface area contributed by atoms with E-state index in [1.54, 1.807) is 12.3 Å². The Labute approximate surface area is 195 Å². The van der Waals surface area contributed by atoms with Crippen LogP contribution in [-0.2, 0) is 10.5 Å². The van der Waals surface area contributed by atoms with E-state index in [0.29, 0.717) is 26.6 Å². The number of benzene rings is 2. The second-order valence-corrected chi connectivity index (χ2v) is 8.84. The number of carbonyl (C=O) groups is 1. The summed E-state index contributed by atoms with van der Waals surface area (Å²) in [6.07, 6.45) is 1.65. The highest BCUT2D eigenvalue weighted by Crippen LogP contribution is 2.27. The van der Waals surface area contributed by atoms with Crippen molar-refractivity contribution in [3.05, 3.63) is 86.1 Å². The van der Waals surface area contributed by atoms with E-state index in [1.807, 2.05) is 56.3 Å². The molecule has 30 heavy (non-hydrogen) atoms. The van der Waals surface area contributed by atoms with Crippen molar-refractivity contribution >= 4 is 58.7 Å². The third-order valence-electron chi connectivity index (χ3n) is 4.47. The number of halogens is 3. The first-order chi connectivity index (χ1) is 14.4. The minimum Gasteiger partial charge on any atom is -0.318 e. The molecular weight excluding hydrogens is 461 g/mol. The Morgan fingerprint density at radius 2 is 1.83 bits per heavy atom. The van der Waals surface area contributed by atoms with E-state index in [0.717, 1.165) is 28.2 Å². The van der Waals surface area contributed by atoms with Gasteiger partial charge >= 0.3 is 0 Å². The number of hydrogen-bond acceptors (Lipinski definition) is 3. The molecule has 0 aliphatic rings. The van der Waals surface area contributed by atoms with Gasteiger partial charge in [0, 0.05) is 33.4 Å². The van der Waals surface area contributed by atoms with Crippen molar-refractivity contribution in [1.82, 2.24) is 9.99 Å². The van der Waals surface area contributed by atoms with Gasteiger partial charge in [-0.15, -0.1) is 11.8 Å². The monoisotopic (exact) mass is 479 g/mol.